The highest BCUT2D eigenvalue weighted by Gasteiger charge is 2.29. The van der Waals surface area contributed by atoms with Crippen molar-refractivity contribution in [2.24, 2.45) is 0 Å². The Labute approximate surface area is 151 Å². The van der Waals surface area contributed by atoms with Gasteiger partial charge in [-0.05, 0) is 48.4 Å². The van der Waals surface area contributed by atoms with Gasteiger partial charge in [-0.3, -0.25) is 4.79 Å². The van der Waals surface area contributed by atoms with Crippen LogP contribution in [0.2, 0.25) is 0 Å². The number of fused-ring (bicyclic) bond motifs is 4. The molecule has 2 heterocycles. The molecule has 0 saturated carbocycles. The molecule has 0 aliphatic rings. The third-order valence-corrected chi connectivity index (χ3v) is 4.67. The number of phenolic OH excluding ortho intramolecular Hbond substituents is 1. The third kappa shape index (κ3) is 2.22. The Hall–Kier alpha value is -3.15. The third-order valence-electron chi connectivity index (χ3n) is 4.67. The Kier molecular flexibility index (Phi) is 3.25. The maximum Gasteiger partial charge on any atom is 0.255 e. The summed E-state index contributed by atoms with van der Waals surface area (Å²) in [5, 5.41) is 13.4. The summed E-state index contributed by atoms with van der Waals surface area (Å²) >= 11 is 0. The molecule has 0 aliphatic heterocycles. The SMILES string of the molecule is C=CNC(=O)c1ccc2c(c1)n1n(-c3cc(C)cc(C(C)(C)C)c3O)n21. The normalized spacial score (nSPS) is 12.3. The second-order valence-corrected chi connectivity index (χ2v) is 7.68. The zero-order valence-electron chi connectivity index (χ0n) is 15.4. The molecule has 26 heavy (non-hydrogen) atoms. The number of carbonyl (C=O) groups excluding carboxylic acids is 1. The summed E-state index contributed by atoms with van der Waals surface area (Å²) in [6.45, 7) is 11.8. The van der Waals surface area contributed by atoms with Crippen molar-refractivity contribution in [1.82, 2.24) is 19.4 Å². The minimum atomic E-state index is -0.192. The van der Waals surface area contributed by atoms with Gasteiger partial charge < -0.3 is 10.4 Å². The van der Waals surface area contributed by atoms with E-state index in [2.05, 4.69) is 32.7 Å². The average Bonchev–Trinajstić information content (AvgIpc) is 3.22. The molecule has 134 valence electrons. The molecular formula is C20H22N4O2. The number of phenols is 1. The number of hydrogen-bond donors (Lipinski definition) is 2. The first kappa shape index (κ1) is 16.3. The lowest BCUT2D eigenvalue weighted by Gasteiger charge is -2.21. The second-order valence-electron chi connectivity index (χ2n) is 7.68. The van der Waals surface area contributed by atoms with Gasteiger partial charge in [0, 0.05) is 11.1 Å². The van der Waals surface area contributed by atoms with Gasteiger partial charge in [0.05, 0.1) is 0 Å². The Morgan fingerprint density at radius 3 is 2.50 bits per heavy atom. The number of nitrogens with one attached hydrogen (secondary N) is 1. The van der Waals surface area contributed by atoms with Crippen LogP contribution in [0.4, 0.5) is 0 Å². The van der Waals surface area contributed by atoms with Crippen molar-refractivity contribution >= 4 is 16.9 Å². The molecule has 0 unspecified atom stereocenters. The van der Waals surface area contributed by atoms with E-state index in [9.17, 15) is 9.90 Å². The van der Waals surface area contributed by atoms with Crippen molar-refractivity contribution in [3.63, 3.8) is 0 Å². The topological polar surface area (TPSA) is 63.1 Å². The fourth-order valence-electron chi connectivity index (χ4n) is 3.35. The van der Waals surface area contributed by atoms with Crippen LogP contribution in [0.15, 0.2) is 43.1 Å². The van der Waals surface area contributed by atoms with Crippen LogP contribution in [0.25, 0.3) is 16.7 Å². The van der Waals surface area contributed by atoms with E-state index in [-0.39, 0.29) is 17.1 Å². The summed E-state index contributed by atoms with van der Waals surface area (Å²) < 4.78 is 3.90. The van der Waals surface area contributed by atoms with Crippen LogP contribution in [0.1, 0.15) is 42.3 Å². The predicted molar refractivity (Wildman–Crippen MR) is 102 cm³/mol. The lowest BCUT2D eigenvalue weighted by atomic mass is 9.85. The Balaban J connectivity index is 1.84. The zero-order valence-corrected chi connectivity index (χ0v) is 15.4. The van der Waals surface area contributed by atoms with Gasteiger partial charge in [0.2, 0.25) is 0 Å². The molecule has 1 amide bonds. The molecule has 4 aromatic rings. The number of aromatic nitrogens is 3. The van der Waals surface area contributed by atoms with Gasteiger partial charge >= 0.3 is 0 Å². The number of nitrogens with zero attached hydrogens (tertiary/aromatic N) is 3. The standard InChI is InChI=1S/C20H22N4O2/c1-6-21-19(26)13-7-8-15-16(11-13)23-22(15)24(23)17-10-12(2)9-14(18(17)25)20(3,4)5/h6-11,25H,1H2,2-5H3,(H,21,26). The number of benzene rings is 2. The van der Waals surface area contributed by atoms with Gasteiger partial charge in [0.25, 0.3) is 5.91 Å². The molecule has 0 saturated heterocycles. The molecule has 2 N–H and O–H groups in total. The summed E-state index contributed by atoms with van der Waals surface area (Å²) in [7, 11) is 0. The van der Waals surface area contributed by atoms with E-state index in [0.717, 1.165) is 27.8 Å². The molecule has 0 aliphatic carbocycles. The van der Waals surface area contributed by atoms with Crippen LogP contribution in [0, 0.1) is 6.92 Å². The van der Waals surface area contributed by atoms with Gasteiger partial charge in [-0.1, -0.05) is 33.4 Å². The molecule has 0 atom stereocenters. The first-order valence-electron chi connectivity index (χ1n) is 8.54. The largest absolute Gasteiger partial charge is 0.505 e. The summed E-state index contributed by atoms with van der Waals surface area (Å²) in [6, 6.07) is 9.51. The van der Waals surface area contributed by atoms with Gasteiger partial charge in [-0.15, -0.1) is 14.1 Å². The minimum absolute atomic E-state index is 0.159. The Morgan fingerprint density at radius 1 is 1.15 bits per heavy atom. The van der Waals surface area contributed by atoms with Gasteiger partial charge in [0.15, 0.2) is 0 Å². The van der Waals surface area contributed by atoms with Gasteiger partial charge in [0.1, 0.15) is 22.5 Å². The quantitative estimate of drug-likeness (QED) is 0.593. The number of aryl methyl sites for hydroxylation is 1. The number of carbonyl (C=O) groups is 1. The summed E-state index contributed by atoms with van der Waals surface area (Å²) in [5.41, 5.74) is 5.08. The summed E-state index contributed by atoms with van der Waals surface area (Å²) in [5.74, 6) is 0.0936. The first-order chi connectivity index (χ1) is 12.2. The van der Waals surface area contributed by atoms with E-state index in [4.69, 9.17) is 0 Å². The van der Waals surface area contributed by atoms with Crippen molar-refractivity contribution in [3.8, 4) is 11.4 Å². The maximum atomic E-state index is 12.0. The molecular weight excluding hydrogens is 328 g/mol. The summed E-state index contributed by atoms with van der Waals surface area (Å²) in [6.07, 6.45) is 1.37. The second kappa shape index (κ2) is 5.17. The monoisotopic (exact) mass is 350 g/mol. The molecule has 2 aromatic heterocycles. The highest BCUT2D eigenvalue weighted by molar-refractivity contribution is 5.98. The number of amides is 1. The van der Waals surface area contributed by atoms with Crippen LogP contribution >= 0.6 is 0 Å². The molecule has 2 aromatic carbocycles. The fourth-order valence-corrected chi connectivity index (χ4v) is 3.35. The fraction of sp³-hybridized carbons (Fsp3) is 0.250. The zero-order chi connectivity index (χ0) is 18.8. The number of rotatable bonds is 3. The highest BCUT2D eigenvalue weighted by atomic mass is 16.3. The first-order valence-corrected chi connectivity index (χ1v) is 8.54. The van der Waals surface area contributed by atoms with E-state index < -0.39 is 0 Å². The molecule has 4 rings (SSSR count). The van der Waals surface area contributed by atoms with Crippen LogP contribution < -0.4 is 5.32 Å². The van der Waals surface area contributed by atoms with Crippen molar-refractivity contribution in [1.29, 1.82) is 0 Å². The van der Waals surface area contributed by atoms with E-state index in [1.54, 1.807) is 6.07 Å². The van der Waals surface area contributed by atoms with E-state index in [0.29, 0.717) is 5.56 Å². The smallest absolute Gasteiger partial charge is 0.255 e. The Morgan fingerprint density at radius 2 is 1.85 bits per heavy atom. The maximum absolute atomic E-state index is 12.0. The number of hydrogen-bond acceptors (Lipinski definition) is 2. The van der Waals surface area contributed by atoms with Crippen molar-refractivity contribution in [3.05, 3.63) is 59.8 Å². The number of aromatic hydroxyl groups is 1. The van der Waals surface area contributed by atoms with Crippen molar-refractivity contribution in [2.45, 2.75) is 33.1 Å². The molecule has 0 spiro atoms. The van der Waals surface area contributed by atoms with E-state index >= 15 is 0 Å². The van der Waals surface area contributed by atoms with E-state index in [1.165, 1.54) is 6.20 Å². The molecule has 0 bridgehead atoms. The summed E-state index contributed by atoms with van der Waals surface area (Å²) in [4.78, 5) is 13.9. The minimum Gasteiger partial charge on any atom is -0.505 e. The lowest BCUT2D eigenvalue weighted by Crippen LogP contribution is -2.16. The van der Waals surface area contributed by atoms with Crippen molar-refractivity contribution < 1.29 is 9.90 Å². The van der Waals surface area contributed by atoms with Gasteiger partial charge in [-0.25, -0.2) is 0 Å². The van der Waals surface area contributed by atoms with Gasteiger partial charge in [-0.2, -0.15) is 0 Å². The molecule has 0 radical (unpaired) electrons. The van der Waals surface area contributed by atoms with Crippen LogP contribution in [0.3, 0.4) is 0 Å². The van der Waals surface area contributed by atoms with E-state index in [1.807, 2.05) is 45.2 Å². The molecule has 6 nitrogen and oxygen atoms in total. The predicted octanol–water partition coefficient (Wildman–Crippen LogP) is 3.61. The average molecular weight is 350 g/mol. The van der Waals surface area contributed by atoms with Crippen LogP contribution in [-0.2, 0) is 5.41 Å². The molecule has 6 heteroatoms. The van der Waals surface area contributed by atoms with Crippen molar-refractivity contribution in [2.75, 3.05) is 0 Å². The van der Waals surface area contributed by atoms with Crippen LogP contribution in [-0.4, -0.2) is 25.1 Å². The highest BCUT2D eigenvalue weighted by Crippen LogP contribution is 2.38. The lowest BCUT2D eigenvalue weighted by molar-refractivity contribution is 0.0970. The van der Waals surface area contributed by atoms with Crippen LogP contribution in [0.5, 0.6) is 5.75 Å². The Bertz CT molecular complexity index is 1150. The molecule has 0 fully saturated rings.